The fourth-order valence-electron chi connectivity index (χ4n) is 3.48. The maximum atomic E-state index is 12.2. The maximum absolute atomic E-state index is 12.2. The van der Waals surface area contributed by atoms with Crippen LogP contribution in [0.2, 0.25) is 0 Å². The average molecular weight is 478 g/mol. The van der Waals surface area contributed by atoms with Crippen LogP contribution in [0.15, 0.2) is 54.6 Å². The number of carbonyl (C=O) groups excluding carboxylic acids is 1. The summed E-state index contributed by atoms with van der Waals surface area (Å²) in [7, 11) is 4.80. The number of aryl methyl sites for hydroxylation is 1. The zero-order chi connectivity index (χ0) is 24.6. The maximum Gasteiger partial charge on any atom is 0.231 e. The lowest BCUT2D eigenvalue weighted by molar-refractivity contribution is -0.121. The first kappa shape index (κ1) is 23.8. The van der Waals surface area contributed by atoms with Gasteiger partial charge in [-0.25, -0.2) is 0 Å². The van der Waals surface area contributed by atoms with Gasteiger partial charge >= 0.3 is 0 Å². The minimum atomic E-state index is -0.0412. The Balaban J connectivity index is 1.32. The molecule has 35 heavy (non-hydrogen) atoms. The summed E-state index contributed by atoms with van der Waals surface area (Å²) in [5, 5.41) is 15.8. The molecule has 1 N–H and O–H groups in total. The molecule has 4 rings (SSSR count). The Kier molecular flexibility index (Phi) is 7.61. The third kappa shape index (κ3) is 5.78. The minimum Gasteiger partial charge on any atom is -0.497 e. The van der Waals surface area contributed by atoms with Gasteiger partial charge in [0.15, 0.2) is 11.5 Å². The lowest BCUT2D eigenvalue weighted by Crippen LogP contribution is -2.28. The molecule has 0 radical (unpaired) electrons. The normalized spacial score (nSPS) is 10.7. The number of amides is 1. The van der Waals surface area contributed by atoms with Crippen molar-refractivity contribution in [2.24, 2.45) is 0 Å². The van der Waals surface area contributed by atoms with E-state index >= 15 is 0 Å². The van der Waals surface area contributed by atoms with Gasteiger partial charge < -0.3 is 24.3 Å². The van der Waals surface area contributed by atoms with Gasteiger partial charge in [0.25, 0.3) is 0 Å². The second-order valence-electron chi connectivity index (χ2n) is 7.58. The molecular formula is C25H27N5O5. The summed E-state index contributed by atoms with van der Waals surface area (Å²) in [6.07, 6.45) is 1.05. The summed E-state index contributed by atoms with van der Waals surface area (Å²) in [6.45, 7) is 0.637. The monoisotopic (exact) mass is 477 g/mol. The van der Waals surface area contributed by atoms with Gasteiger partial charge in [-0.15, -0.1) is 15.3 Å². The van der Waals surface area contributed by atoms with Crippen LogP contribution < -0.4 is 24.3 Å². The van der Waals surface area contributed by atoms with Gasteiger partial charge in [-0.1, -0.05) is 12.1 Å². The van der Waals surface area contributed by atoms with Crippen LogP contribution in [0.1, 0.15) is 12.0 Å². The van der Waals surface area contributed by atoms with Crippen molar-refractivity contribution in [2.45, 2.75) is 12.8 Å². The number of fused-ring (bicyclic) bond motifs is 1. The smallest absolute Gasteiger partial charge is 0.231 e. The SMILES string of the molecule is COc1ccc(CCC(=O)NCCOc2ccc3nnc(-c4ccc(OC)cc4OC)n3n2)cc1. The number of ether oxygens (including phenoxy) is 4. The van der Waals surface area contributed by atoms with E-state index in [0.717, 1.165) is 16.9 Å². The number of nitrogens with zero attached hydrogens (tertiary/aromatic N) is 4. The van der Waals surface area contributed by atoms with E-state index in [0.29, 0.717) is 48.2 Å². The number of carbonyl (C=O) groups is 1. The van der Waals surface area contributed by atoms with E-state index in [4.69, 9.17) is 18.9 Å². The first-order valence-electron chi connectivity index (χ1n) is 11.1. The van der Waals surface area contributed by atoms with Crippen LogP contribution in [0.5, 0.6) is 23.1 Å². The van der Waals surface area contributed by atoms with Crippen molar-refractivity contribution in [1.29, 1.82) is 0 Å². The second kappa shape index (κ2) is 11.2. The van der Waals surface area contributed by atoms with E-state index in [2.05, 4.69) is 20.6 Å². The number of hydrogen-bond donors (Lipinski definition) is 1. The predicted molar refractivity (Wildman–Crippen MR) is 129 cm³/mol. The van der Waals surface area contributed by atoms with Crippen molar-refractivity contribution >= 4 is 11.6 Å². The van der Waals surface area contributed by atoms with E-state index in [1.165, 1.54) is 0 Å². The summed E-state index contributed by atoms with van der Waals surface area (Å²) in [6, 6.07) is 16.6. The number of benzene rings is 2. The Morgan fingerprint density at radius 1 is 0.914 bits per heavy atom. The van der Waals surface area contributed by atoms with Crippen molar-refractivity contribution in [3.63, 3.8) is 0 Å². The van der Waals surface area contributed by atoms with Gasteiger partial charge in [0, 0.05) is 18.6 Å². The predicted octanol–water partition coefficient (Wildman–Crippen LogP) is 2.94. The molecule has 182 valence electrons. The Bertz CT molecular complexity index is 1290. The molecule has 0 saturated heterocycles. The molecule has 0 atom stereocenters. The fraction of sp³-hybridized carbons (Fsp3) is 0.280. The molecule has 0 fully saturated rings. The molecule has 0 aliphatic heterocycles. The van der Waals surface area contributed by atoms with Gasteiger partial charge in [-0.05, 0) is 42.3 Å². The molecule has 2 heterocycles. The molecule has 2 aromatic heterocycles. The Labute approximate surface area is 202 Å². The number of nitrogens with one attached hydrogen (secondary N) is 1. The zero-order valence-electron chi connectivity index (χ0n) is 19.9. The lowest BCUT2D eigenvalue weighted by Gasteiger charge is -2.10. The van der Waals surface area contributed by atoms with Gasteiger partial charge in [-0.2, -0.15) is 4.52 Å². The highest BCUT2D eigenvalue weighted by atomic mass is 16.5. The molecule has 10 nitrogen and oxygen atoms in total. The highest BCUT2D eigenvalue weighted by molar-refractivity contribution is 5.76. The molecular weight excluding hydrogens is 450 g/mol. The summed E-state index contributed by atoms with van der Waals surface area (Å²) in [5.74, 6) is 2.91. The molecule has 0 aliphatic rings. The van der Waals surface area contributed by atoms with Crippen LogP contribution in [-0.2, 0) is 11.2 Å². The molecule has 0 spiro atoms. The largest absolute Gasteiger partial charge is 0.497 e. The average Bonchev–Trinajstić information content (AvgIpc) is 3.32. The van der Waals surface area contributed by atoms with Crippen molar-refractivity contribution in [3.8, 4) is 34.5 Å². The van der Waals surface area contributed by atoms with Gasteiger partial charge in [0.1, 0.15) is 23.9 Å². The third-order valence-electron chi connectivity index (χ3n) is 5.36. The van der Waals surface area contributed by atoms with E-state index < -0.39 is 0 Å². The lowest BCUT2D eigenvalue weighted by atomic mass is 10.1. The summed E-state index contributed by atoms with van der Waals surface area (Å²) in [5.41, 5.74) is 2.36. The van der Waals surface area contributed by atoms with Crippen LogP contribution in [0.3, 0.4) is 0 Å². The first-order chi connectivity index (χ1) is 17.1. The van der Waals surface area contributed by atoms with Crippen LogP contribution in [0, 0.1) is 0 Å². The van der Waals surface area contributed by atoms with Gasteiger partial charge in [-0.3, -0.25) is 4.79 Å². The standard InChI is InChI=1S/C25H27N5O5/c1-32-18-7-4-17(5-8-18)6-12-23(31)26-14-15-35-24-13-11-22-27-28-25(30(22)29-24)20-10-9-19(33-2)16-21(20)34-3/h4-5,7-11,13,16H,6,12,14-15H2,1-3H3,(H,26,31). The first-order valence-corrected chi connectivity index (χ1v) is 11.1. The van der Waals surface area contributed by atoms with Crippen molar-refractivity contribution in [2.75, 3.05) is 34.5 Å². The molecule has 0 bridgehead atoms. The number of aromatic nitrogens is 4. The second-order valence-corrected chi connectivity index (χ2v) is 7.58. The van der Waals surface area contributed by atoms with E-state index in [1.54, 1.807) is 44.0 Å². The van der Waals surface area contributed by atoms with Crippen LogP contribution >= 0.6 is 0 Å². The van der Waals surface area contributed by atoms with Crippen LogP contribution in [-0.4, -0.2) is 60.2 Å². The number of hydrogen-bond acceptors (Lipinski definition) is 8. The highest BCUT2D eigenvalue weighted by Gasteiger charge is 2.16. The molecule has 2 aromatic carbocycles. The van der Waals surface area contributed by atoms with Crippen LogP contribution in [0.25, 0.3) is 17.0 Å². The summed E-state index contributed by atoms with van der Waals surface area (Å²) in [4.78, 5) is 12.2. The fourth-order valence-corrected chi connectivity index (χ4v) is 3.48. The number of methoxy groups -OCH3 is 3. The molecule has 0 aliphatic carbocycles. The van der Waals surface area contributed by atoms with E-state index in [1.807, 2.05) is 36.4 Å². The topological polar surface area (TPSA) is 109 Å². The van der Waals surface area contributed by atoms with Crippen molar-refractivity contribution in [3.05, 3.63) is 60.2 Å². The zero-order valence-corrected chi connectivity index (χ0v) is 19.9. The summed E-state index contributed by atoms with van der Waals surface area (Å²) >= 11 is 0. The van der Waals surface area contributed by atoms with Crippen molar-refractivity contribution in [1.82, 2.24) is 25.1 Å². The highest BCUT2D eigenvalue weighted by Crippen LogP contribution is 2.32. The molecule has 1 amide bonds. The van der Waals surface area contributed by atoms with Crippen LogP contribution in [0.4, 0.5) is 0 Å². The van der Waals surface area contributed by atoms with E-state index in [-0.39, 0.29) is 12.5 Å². The Morgan fingerprint density at radius 2 is 1.69 bits per heavy atom. The van der Waals surface area contributed by atoms with Gasteiger partial charge in [0.05, 0.1) is 33.4 Å². The quantitative estimate of drug-likeness (QED) is 0.329. The molecule has 0 unspecified atom stereocenters. The third-order valence-corrected chi connectivity index (χ3v) is 5.36. The van der Waals surface area contributed by atoms with Gasteiger partial charge in [0.2, 0.25) is 11.8 Å². The molecule has 4 aromatic rings. The Morgan fingerprint density at radius 3 is 2.43 bits per heavy atom. The number of rotatable bonds is 11. The van der Waals surface area contributed by atoms with E-state index in [9.17, 15) is 4.79 Å². The van der Waals surface area contributed by atoms with Crippen molar-refractivity contribution < 1.29 is 23.7 Å². The molecule has 0 saturated carbocycles. The minimum absolute atomic E-state index is 0.0412. The summed E-state index contributed by atoms with van der Waals surface area (Å²) < 4.78 is 23.2. The molecule has 10 heteroatoms. The Hall–Kier alpha value is -4.34.